The van der Waals surface area contributed by atoms with Crippen LogP contribution in [0.15, 0.2) is 28.8 Å². The highest BCUT2D eigenvalue weighted by Gasteiger charge is 2.51. The Balaban J connectivity index is 1.56. The number of para-hydroxylation sites is 1. The SMILES string of the molecule is Cc1noc([C@H]2CN(C(=O)Nc3ccccc3Cl)CC23CCOCC3)n1. The van der Waals surface area contributed by atoms with Crippen molar-refractivity contribution in [1.29, 1.82) is 0 Å². The van der Waals surface area contributed by atoms with Crippen molar-refractivity contribution in [1.82, 2.24) is 15.0 Å². The standard InChI is InChI=1S/C18H21ClN4O3/c1-12-20-16(26-22-12)13-10-23(11-18(13)6-8-25-9-7-18)17(24)21-15-5-3-2-4-14(15)19/h2-5,13H,6-11H2,1H3,(H,21,24)/t13-/m1/s1. The summed E-state index contributed by atoms with van der Waals surface area (Å²) in [5.41, 5.74) is 0.520. The van der Waals surface area contributed by atoms with Gasteiger partial charge in [-0.2, -0.15) is 4.98 Å². The fraction of sp³-hybridized carbons (Fsp3) is 0.500. The maximum absolute atomic E-state index is 12.8. The van der Waals surface area contributed by atoms with Crippen LogP contribution in [0.25, 0.3) is 0 Å². The zero-order valence-electron chi connectivity index (χ0n) is 14.6. The number of urea groups is 1. The second-order valence-corrected chi connectivity index (χ2v) is 7.40. The molecule has 8 heteroatoms. The molecule has 1 aromatic carbocycles. The van der Waals surface area contributed by atoms with Crippen LogP contribution in [0.5, 0.6) is 0 Å². The van der Waals surface area contributed by atoms with Gasteiger partial charge < -0.3 is 19.5 Å². The molecule has 0 bridgehead atoms. The third-order valence-corrected chi connectivity index (χ3v) is 5.71. The second kappa shape index (κ2) is 6.89. The molecule has 4 rings (SSSR count). The molecule has 1 atom stereocenters. The van der Waals surface area contributed by atoms with E-state index < -0.39 is 0 Å². The highest BCUT2D eigenvalue weighted by Crippen LogP contribution is 2.49. The van der Waals surface area contributed by atoms with Crippen LogP contribution in [0.1, 0.15) is 30.5 Å². The van der Waals surface area contributed by atoms with E-state index in [1.807, 2.05) is 17.0 Å². The number of rotatable bonds is 2. The topological polar surface area (TPSA) is 80.5 Å². The molecule has 2 aliphatic rings. The molecule has 2 aliphatic heterocycles. The number of ether oxygens (including phenoxy) is 1. The van der Waals surface area contributed by atoms with Gasteiger partial charge in [0.25, 0.3) is 0 Å². The summed E-state index contributed by atoms with van der Waals surface area (Å²) in [5.74, 6) is 1.24. The smallest absolute Gasteiger partial charge is 0.321 e. The number of likely N-dealkylation sites (tertiary alicyclic amines) is 1. The molecule has 138 valence electrons. The van der Waals surface area contributed by atoms with Crippen LogP contribution in [-0.4, -0.2) is 47.4 Å². The summed E-state index contributed by atoms with van der Waals surface area (Å²) in [7, 11) is 0. The van der Waals surface area contributed by atoms with Gasteiger partial charge >= 0.3 is 6.03 Å². The maximum atomic E-state index is 12.8. The lowest BCUT2D eigenvalue weighted by Crippen LogP contribution is -2.38. The van der Waals surface area contributed by atoms with Gasteiger partial charge in [-0.25, -0.2) is 4.79 Å². The fourth-order valence-corrected chi connectivity index (χ4v) is 4.14. The monoisotopic (exact) mass is 376 g/mol. The number of nitrogens with zero attached hydrogens (tertiary/aromatic N) is 3. The van der Waals surface area contributed by atoms with E-state index in [1.165, 1.54) is 0 Å². The van der Waals surface area contributed by atoms with Crippen molar-refractivity contribution >= 4 is 23.3 Å². The first-order valence-corrected chi connectivity index (χ1v) is 9.14. The van der Waals surface area contributed by atoms with Crippen LogP contribution in [0, 0.1) is 12.3 Å². The quantitative estimate of drug-likeness (QED) is 0.868. The molecule has 2 aromatic rings. The van der Waals surface area contributed by atoms with Crippen LogP contribution in [0.3, 0.4) is 0 Å². The lowest BCUT2D eigenvalue weighted by Gasteiger charge is -2.36. The molecule has 1 N–H and O–H groups in total. The lowest BCUT2D eigenvalue weighted by atomic mass is 9.72. The number of amides is 2. The highest BCUT2D eigenvalue weighted by atomic mass is 35.5. The first-order valence-electron chi connectivity index (χ1n) is 8.76. The Kier molecular flexibility index (Phi) is 4.58. The minimum absolute atomic E-state index is 0.0181. The molecular formula is C18H21ClN4O3. The van der Waals surface area contributed by atoms with E-state index in [4.69, 9.17) is 20.9 Å². The number of hydrogen-bond acceptors (Lipinski definition) is 5. The summed E-state index contributed by atoms with van der Waals surface area (Å²) in [5, 5.41) is 7.36. The van der Waals surface area contributed by atoms with E-state index in [1.54, 1.807) is 19.1 Å². The zero-order chi connectivity index (χ0) is 18.1. The van der Waals surface area contributed by atoms with Crippen molar-refractivity contribution in [3.05, 3.63) is 41.0 Å². The van der Waals surface area contributed by atoms with Crippen molar-refractivity contribution in [3.63, 3.8) is 0 Å². The Morgan fingerprint density at radius 3 is 2.81 bits per heavy atom. The first kappa shape index (κ1) is 17.3. The Hall–Kier alpha value is -2.12. The number of benzene rings is 1. The maximum Gasteiger partial charge on any atom is 0.321 e. The second-order valence-electron chi connectivity index (χ2n) is 7.00. The van der Waals surface area contributed by atoms with Crippen LogP contribution in [0.4, 0.5) is 10.5 Å². The van der Waals surface area contributed by atoms with Crippen LogP contribution in [0.2, 0.25) is 5.02 Å². The zero-order valence-corrected chi connectivity index (χ0v) is 15.3. The largest absolute Gasteiger partial charge is 0.381 e. The number of anilines is 1. The molecule has 2 fully saturated rings. The van der Waals surface area contributed by atoms with E-state index in [-0.39, 0.29) is 17.4 Å². The Bertz CT molecular complexity index is 803. The summed E-state index contributed by atoms with van der Waals surface area (Å²) in [6.45, 7) is 4.35. The molecule has 2 saturated heterocycles. The van der Waals surface area contributed by atoms with Gasteiger partial charge in [0.15, 0.2) is 5.82 Å². The molecule has 3 heterocycles. The molecule has 1 spiro atoms. The predicted octanol–water partition coefficient (Wildman–Crippen LogP) is 3.46. The number of halogens is 1. The minimum Gasteiger partial charge on any atom is -0.381 e. The van der Waals surface area contributed by atoms with Crippen molar-refractivity contribution in [3.8, 4) is 0 Å². The van der Waals surface area contributed by atoms with Crippen molar-refractivity contribution in [2.24, 2.45) is 5.41 Å². The average Bonchev–Trinajstić information content (AvgIpc) is 3.22. The molecule has 1 aromatic heterocycles. The van der Waals surface area contributed by atoms with E-state index in [0.717, 1.165) is 12.8 Å². The van der Waals surface area contributed by atoms with Gasteiger partial charge in [0, 0.05) is 31.7 Å². The van der Waals surface area contributed by atoms with E-state index in [2.05, 4.69) is 15.5 Å². The molecule has 26 heavy (non-hydrogen) atoms. The fourth-order valence-electron chi connectivity index (χ4n) is 3.96. The van der Waals surface area contributed by atoms with E-state index in [0.29, 0.717) is 48.7 Å². The van der Waals surface area contributed by atoms with Crippen molar-refractivity contribution in [2.75, 3.05) is 31.6 Å². The third-order valence-electron chi connectivity index (χ3n) is 5.38. The van der Waals surface area contributed by atoms with Crippen molar-refractivity contribution in [2.45, 2.75) is 25.7 Å². The molecule has 0 radical (unpaired) electrons. The Morgan fingerprint density at radius 2 is 2.12 bits per heavy atom. The van der Waals surface area contributed by atoms with Gasteiger partial charge in [-0.05, 0) is 31.9 Å². The first-order chi connectivity index (χ1) is 12.6. The number of hydrogen-bond donors (Lipinski definition) is 1. The number of aromatic nitrogens is 2. The average molecular weight is 377 g/mol. The summed E-state index contributed by atoms with van der Waals surface area (Å²) in [6, 6.07) is 7.06. The Morgan fingerprint density at radius 1 is 1.35 bits per heavy atom. The molecule has 7 nitrogen and oxygen atoms in total. The van der Waals surface area contributed by atoms with Gasteiger partial charge in [0.2, 0.25) is 5.89 Å². The number of nitrogens with one attached hydrogen (secondary N) is 1. The summed E-state index contributed by atoms with van der Waals surface area (Å²) >= 11 is 6.16. The van der Waals surface area contributed by atoms with Crippen LogP contribution < -0.4 is 5.32 Å². The van der Waals surface area contributed by atoms with E-state index >= 15 is 0 Å². The third kappa shape index (κ3) is 3.17. The van der Waals surface area contributed by atoms with Gasteiger partial charge in [-0.3, -0.25) is 0 Å². The molecular weight excluding hydrogens is 356 g/mol. The van der Waals surface area contributed by atoms with Gasteiger partial charge in [0.1, 0.15) is 0 Å². The van der Waals surface area contributed by atoms with Gasteiger partial charge in [0.05, 0.1) is 16.6 Å². The summed E-state index contributed by atoms with van der Waals surface area (Å²) in [4.78, 5) is 19.1. The van der Waals surface area contributed by atoms with Gasteiger partial charge in [-0.1, -0.05) is 28.9 Å². The summed E-state index contributed by atoms with van der Waals surface area (Å²) < 4.78 is 11.0. The van der Waals surface area contributed by atoms with Crippen LogP contribution >= 0.6 is 11.6 Å². The van der Waals surface area contributed by atoms with Crippen LogP contribution in [-0.2, 0) is 4.74 Å². The van der Waals surface area contributed by atoms with E-state index in [9.17, 15) is 4.79 Å². The molecule has 0 aliphatic carbocycles. The molecule has 0 unspecified atom stereocenters. The van der Waals surface area contributed by atoms with Gasteiger partial charge in [-0.15, -0.1) is 0 Å². The predicted molar refractivity (Wildman–Crippen MR) is 96.3 cm³/mol. The highest BCUT2D eigenvalue weighted by molar-refractivity contribution is 6.33. The number of aryl methyl sites for hydroxylation is 1. The number of carbonyl (C=O) groups excluding carboxylic acids is 1. The molecule has 0 saturated carbocycles. The molecule has 2 amide bonds. The lowest BCUT2D eigenvalue weighted by molar-refractivity contribution is 0.00959. The number of carbonyl (C=O) groups is 1. The Labute approximate surface area is 156 Å². The summed E-state index contributed by atoms with van der Waals surface area (Å²) in [6.07, 6.45) is 1.74. The normalized spacial score (nSPS) is 21.9. The van der Waals surface area contributed by atoms with Crippen molar-refractivity contribution < 1.29 is 14.1 Å². The minimum atomic E-state index is -0.164.